The van der Waals surface area contributed by atoms with Crippen molar-refractivity contribution >= 4 is 11.4 Å². The van der Waals surface area contributed by atoms with Gasteiger partial charge in [-0.2, -0.15) is 0 Å². The van der Waals surface area contributed by atoms with E-state index in [0.717, 1.165) is 11.4 Å². The summed E-state index contributed by atoms with van der Waals surface area (Å²) in [5.74, 6) is 0. The quantitative estimate of drug-likeness (QED) is 0.207. The van der Waals surface area contributed by atoms with Gasteiger partial charge in [-0.3, -0.25) is 0 Å². The van der Waals surface area contributed by atoms with Gasteiger partial charge >= 0.3 is 0 Å². The highest BCUT2D eigenvalue weighted by molar-refractivity contribution is 5.89. The fraction of sp³-hybridized carbons (Fsp3) is 0.0870. The third-order valence-electron chi connectivity index (χ3n) is 10.6. The molecule has 0 atom stereocenters. The van der Waals surface area contributed by atoms with Gasteiger partial charge in [-0.15, -0.1) is 0 Å². The van der Waals surface area contributed by atoms with Crippen LogP contribution < -0.4 is 5.32 Å². The van der Waals surface area contributed by atoms with Crippen molar-refractivity contribution in [2.45, 2.75) is 24.7 Å². The Labute approximate surface area is 277 Å². The summed E-state index contributed by atoms with van der Waals surface area (Å²) in [7, 11) is 0. The molecule has 1 heteroatoms. The molecule has 0 saturated heterocycles. The van der Waals surface area contributed by atoms with Crippen LogP contribution in [0.3, 0.4) is 0 Å². The van der Waals surface area contributed by atoms with Crippen LogP contribution >= 0.6 is 0 Å². The van der Waals surface area contributed by atoms with E-state index in [-0.39, 0.29) is 5.41 Å². The molecule has 0 spiro atoms. The second-order valence-corrected chi connectivity index (χ2v) is 13.4. The number of hydrogen-bond acceptors (Lipinski definition) is 1. The smallest absolute Gasteiger partial charge is 0.0713 e. The normalized spacial score (nSPS) is 14.5. The van der Waals surface area contributed by atoms with Crippen LogP contribution in [-0.4, -0.2) is 0 Å². The first-order chi connectivity index (χ1) is 23.1. The van der Waals surface area contributed by atoms with Crippen molar-refractivity contribution in [2.75, 3.05) is 5.32 Å². The Balaban J connectivity index is 1.24. The van der Waals surface area contributed by atoms with Gasteiger partial charge in [-0.05, 0) is 85.5 Å². The van der Waals surface area contributed by atoms with Crippen molar-refractivity contribution in [3.63, 3.8) is 0 Å². The average molecular weight is 602 g/mol. The molecule has 2 aliphatic carbocycles. The Morgan fingerprint density at radius 2 is 0.915 bits per heavy atom. The highest BCUT2D eigenvalue weighted by atomic mass is 14.9. The summed E-state index contributed by atoms with van der Waals surface area (Å²) in [4.78, 5) is 0. The zero-order chi connectivity index (χ0) is 31.6. The zero-order valence-electron chi connectivity index (χ0n) is 26.7. The third kappa shape index (κ3) is 4.03. The van der Waals surface area contributed by atoms with E-state index in [1.807, 2.05) is 0 Å². The number of fused-ring (bicyclic) bond motifs is 6. The summed E-state index contributed by atoms with van der Waals surface area (Å²) < 4.78 is 0. The lowest BCUT2D eigenvalue weighted by Gasteiger charge is -2.34. The first kappa shape index (κ1) is 27.6. The Morgan fingerprint density at radius 1 is 0.383 bits per heavy atom. The maximum absolute atomic E-state index is 3.87. The molecule has 7 aromatic carbocycles. The molecular weight excluding hydrogens is 567 g/mol. The van der Waals surface area contributed by atoms with Gasteiger partial charge < -0.3 is 5.32 Å². The minimum absolute atomic E-state index is 0.0545. The maximum atomic E-state index is 3.87. The van der Waals surface area contributed by atoms with Crippen molar-refractivity contribution in [2.24, 2.45) is 0 Å². The lowest BCUT2D eigenvalue weighted by Crippen LogP contribution is -2.28. The Kier molecular flexibility index (Phi) is 6.14. The standard InChI is InChI=1S/C46H35N/c1-45(2)40-22-12-9-19-35(40)38-27-26-34(30-43(38)45)47-44-28-25-33(29-39(44)31-15-5-3-6-16-31)46(32-17-7-4-8-18-32)41-23-13-10-20-36(41)37-21-11-14-24-42(37)46/h3-30,47H,1-2H3. The number of anilines is 2. The fourth-order valence-electron chi connectivity index (χ4n) is 8.39. The Bertz CT molecular complexity index is 2250. The molecule has 0 aromatic heterocycles. The first-order valence-corrected chi connectivity index (χ1v) is 16.5. The van der Waals surface area contributed by atoms with Gasteiger partial charge in [0.15, 0.2) is 0 Å². The van der Waals surface area contributed by atoms with Gasteiger partial charge in [-0.1, -0.05) is 159 Å². The van der Waals surface area contributed by atoms with Gasteiger partial charge in [0, 0.05) is 22.4 Å². The molecule has 0 amide bonds. The van der Waals surface area contributed by atoms with E-state index in [1.165, 1.54) is 66.8 Å². The second-order valence-electron chi connectivity index (χ2n) is 13.4. The molecule has 2 aliphatic rings. The van der Waals surface area contributed by atoms with Crippen molar-refractivity contribution in [1.29, 1.82) is 0 Å². The van der Waals surface area contributed by atoms with Gasteiger partial charge in [0.25, 0.3) is 0 Å². The predicted octanol–water partition coefficient (Wildman–Crippen LogP) is 11.8. The maximum Gasteiger partial charge on any atom is 0.0713 e. The summed E-state index contributed by atoms with van der Waals surface area (Å²) in [6, 6.07) is 62.5. The molecule has 224 valence electrons. The van der Waals surface area contributed by atoms with Crippen molar-refractivity contribution < 1.29 is 0 Å². The predicted molar refractivity (Wildman–Crippen MR) is 196 cm³/mol. The summed E-state index contributed by atoms with van der Waals surface area (Å²) in [5.41, 5.74) is 17.3. The largest absolute Gasteiger partial charge is 0.355 e. The summed E-state index contributed by atoms with van der Waals surface area (Å²) in [6.07, 6.45) is 0. The minimum atomic E-state index is -0.445. The summed E-state index contributed by atoms with van der Waals surface area (Å²) >= 11 is 0. The zero-order valence-corrected chi connectivity index (χ0v) is 26.7. The Morgan fingerprint density at radius 3 is 1.57 bits per heavy atom. The van der Waals surface area contributed by atoms with Crippen molar-refractivity contribution in [1.82, 2.24) is 0 Å². The molecular formula is C46H35N. The molecule has 9 rings (SSSR count). The lowest BCUT2D eigenvalue weighted by molar-refractivity contribution is 0.660. The van der Waals surface area contributed by atoms with Crippen molar-refractivity contribution in [3.05, 3.63) is 203 Å². The molecule has 0 aliphatic heterocycles. The van der Waals surface area contributed by atoms with Crippen molar-refractivity contribution in [3.8, 4) is 33.4 Å². The van der Waals surface area contributed by atoms with E-state index >= 15 is 0 Å². The van der Waals surface area contributed by atoms with Gasteiger partial charge in [-0.25, -0.2) is 0 Å². The van der Waals surface area contributed by atoms with E-state index in [2.05, 4.69) is 189 Å². The van der Waals surface area contributed by atoms with Gasteiger partial charge in [0.1, 0.15) is 0 Å². The van der Waals surface area contributed by atoms with Crippen LogP contribution in [-0.2, 0) is 10.8 Å². The minimum Gasteiger partial charge on any atom is -0.355 e. The van der Waals surface area contributed by atoms with E-state index in [0.29, 0.717) is 0 Å². The second kappa shape index (κ2) is 10.4. The SMILES string of the molecule is CC1(C)c2ccccc2-c2ccc(Nc3ccc(C4(c5ccccc5)c5ccccc5-c5ccccc54)cc3-c3ccccc3)cc21. The fourth-order valence-corrected chi connectivity index (χ4v) is 8.39. The van der Waals surface area contributed by atoms with Crippen LogP contribution in [0.4, 0.5) is 11.4 Å². The molecule has 0 heterocycles. The van der Waals surface area contributed by atoms with Crippen LogP contribution in [0, 0.1) is 0 Å². The molecule has 1 N–H and O–H groups in total. The van der Waals surface area contributed by atoms with Crippen LogP contribution in [0.15, 0.2) is 170 Å². The molecule has 0 radical (unpaired) electrons. The third-order valence-corrected chi connectivity index (χ3v) is 10.6. The van der Waals surface area contributed by atoms with Gasteiger partial charge in [0.05, 0.1) is 5.41 Å². The Hall–Kier alpha value is -5.66. The monoisotopic (exact) mass is 601 g/mol. The number of rotatable bonds is 5. The van der Waals surface area contributed by atoms with Crippen LogP contribution in [0.2, 0.25) is 0 Å². The average Bonchev–Trinajstić information content (AvgIpc) is 3.55. The van der Waals surface area contributed by atoms with E-state index in [9.17, 15) is 0 Å². The molecule has 1 nitrogen and oxygen atoms in total. The van der Waals surface area contributed by atoms with Crippen LogP contribution in [0.1, 0.15) is 47.2 Å². The number of hydrogen-bond donors (Lipinski definition) is 1. The van der Waals surface area contributed by atoms with Gasteiger partial charge in [0.2, 0.25) is 0 Å². The molecule has 7 aromatic rings. The topological polar surface area (TPSA) is 12.0 Å². The number of benzene rings is 7. The molecule has 0 fully saturated rings. The van der Waals surface area contributed by atoms with Crippen LogP contribution in [0.25, 0.3) is 33.4 Å². The molecule has 47 heavy (non-hydrogen) atoms. The van der Waals surface area contributed by atoms with E-state index in [1.54, 1.807) is 0 Å². The highest BCUT2D eigenvalue weighted by Crippen LogP contribution is 2.57. The van der Waals surface area contributed by atoms with E-state index in [4.69, 9.17) is 0 Å². The van der Waals surface area contributed by atoms with E-state index < -0.39 is 5.41 Å². The lowest BCUT2D eigenvalue weighted by atomic mass is 9.67. The molecule has 0 saturated carbocycles. The first-order valence-electron chi connectivity index (χ1n) is 16.5. The highest BCUT2D eigenvalue weighted by Gasteiger charge is 2.46. The molecule has 0 bridgehead atoms. The molecule has 0 unspecified atom stereocenters. The summed E-state index contributed by atoms with van der Waals surface area (Å²) in [6.45, 7) is 4.68. The number of nitrogens with one attached hydrogen (secondary N) is 1. The summed E-state index contributed by atoms with van der Waals surface area (Å²) in [5, 5.41) is 3.87. The van der Waals surface area contributed by atoms with Crippen LogP contribution in [0.5, 0.6) is 0 Å².